The van der Waals surface area contributed by atoms with E-state index in [9.17, 15) is 26.3 Å². The molecule has 0 aliphatic carbocycles. The third-order valence-corrected chi connectivity index (χ3v) is 4.19. The fourth-order valence-corrected chi connectivity index (χ4v) is 2.87. The van der Waals surface area contributed by atoms with E-state index in [1.807, 2.05) is 0 Å². The van der Waals surface area contributed by atoms with Crippen LogP contribution in [0.25, 0.3) is 27.8 Å². The van der Waals surface area contributed by atoms with Gasteiger partial charge in [-0.1, -0.05) is 0 Å². The van der Waals surface area contributed by atoms with Crippen LogP contribution < -0.4 is 0 Å². The number of rotatable bonds is 2. The van der Waals surface area contributed by atoms with Gasteiger partial charge in [-0.3, -0.25) is 4.98 Å². The number of halogens is 6. The van der Waals surface area contributed by atoms with Crippen LogP contribution in [0.2, 0.25) is 0 Å². The first kappa shape index (κ1) is 18.1. The third-order valence-electron chi connectivity index (χ3n) is 4.19. The van der Waals surface area contributed by atoms with Gasteiger partial charge in [-0.05, 0) is 30.3 Å². The van der Waals surface area contributed by atoms with Crippen molar-refractivity contribution in [3.8, 4) is 16.9 Å². The lowest BCUT2D eigenvalue weighted by Crippen LogP contribution is -2.05. The second-order valence-electron chi connectivity index (χ2n) is 6.04. The zero-order valence-corrected chi connectivity index (χ0v) is 13.8. The Hall–Kier alpha value is -3.30. The molecule has 0 atom stereocenters. The molecule has 144 valence electrons. The van der Waals surface area contributed by atoms with Gasteiger partial charge in [0.15, 0.2) is 5.69 Å². The molecule has 10 heteroatoms. The molecule has 28 heavy (non-hydrogen) atoms. The zero-order valence-electron chi connectivity index (χ0n) is 13.8. The maximum absolute atomic E-state index is 12.9. The Labute approximate surface area is 153 Å². The van der Waals surface area contributed by atoms with Crippen LogP contribution in [0.15, 0.2) is 55.2 Å². The number of H-pyrrole nitrogens is 1. The average molecular weight is 396 g/mol. The van der Waals surface area contributed by atoms with Crippen LogP contribution in [0, 0.1) is 0 Å². The Bertz CT molecular complexity index is 1150. The normalized spacial score (nSPS) is 12.6. The van der Waals surface area contributed by atoms with Gasteiger partial charge in [-0.25, -0.2) is 4.98 Å². The highest BCUT2D eigenvalue weighted by atomic mass is 19.4. The second kappa shape index (κ2) is 6.11. The Morgan fingerprint density at radius 2 is 1.71 bits per heavy atom. The van der Waals surface area contributed by atoms with E-state index in [0.717, 1.165) is 29.2 Å². The molecule has 4 nitrogen and oxygen atoms in total. The third kappa shape index (κ3) is 3.21. The maximum atomic E-state index is 12.9. The summed E-state index contributed by atoms with van der Waals surface area (Å²) in [6.07, 6.45) is -4.45. The molecule has 0 radical (unpaired) electrons. The fourth-order valence-electron chi connectivity index (χ4n) is 2.87. The number of pyridine rings is 1. The number of aromatic amines is 1. The number of fused-ring (bicyclic) bond motifs is 1. The number of nitrogens with zero attached hydrogens (tertiary/aromatic N) is 3. The van der Waals surface area contributed by atoms with Crippen LogP contribution in [0.1, 0.15) is 11.3 Å². The second-order valence-corrected chi connectivity index (χ2v) is 6.04. The van der Waals surface area contributed by atoms with E-state index in [1.54, 1.807) is 6.07 Å². The molecule has 0 spiro atoms. The van der Waals surface area contributed by atoms with Gasteiger partial charge in [-0.15, -0.1) is 0 Å². The summed E-state index contributed by atoms with van der Waals surface area (Å²) in [5, 5.41) is 0.328. The lowest BCUT2D eigenvalue weighted by molar-refractivity contribution is -0.141. The van der Waals surface area contributed by atoms with Gasteiger partial charge in [0.05, 0.1) is 23.8 Å². The molecule has 3 heterocycles. The molecule has 0 aliphatic heterocycles. The van der Waals surface area contributed by atoms with Crippen LogP contribution >= 0.6 is 0 Å². The fraction of sp³-hybridized carbons (Fsp3) is 0.111. The maximum Gasteiger partial charge on any atom is 0.434 e. The van der Waals surface area contributed by atoms with Crippen molar-refractivity contribution >= 4 is 10.9 Å². The van der Waals surface area contributed by atoms with E-state index >= 15 is 0 Å². The summed E-state index contributed by atoms with van der Waals surface area (Å²) in [5.41, 5.74) is -0.181. The monoisotopic (exact) mass is 396 g/mol. The summed E-state index contributed by atoms with van der Waals surface area (Å²) in [4.78, 5) is 10.3. The van der Waals surface area contributed by atoms with E-state index < -0.39 is 23.6 Å². The molecule has 0 fully saturated rings. The lowest BCUT2D eigenvalue weighted by atomic mass is 10.1. The van der Waals surface area contributed by atoms with Crippen molar-refractivity contribution in [2.45, 2.75) is 12.4 Å². The van der Waals surface area contributed by atoms with E-state index in [1.165, 1.54) is 24.5 Å². The van der Waals surface area contributed by atoms with Crippen molar-refractivity contribution < 1.29 is 26.3 Å². The number of hydrogen-bond acceptors (Lipinski definition) is 2. The minimum Gasteiger partial charge on any atom is -0.354 e. The van der Waals surface area contributed by atoms with Gasteiger partial charge in [-0.2, -0.15) is 26.3 Å². The molecule has 4 rings (SSSR count). The van der Waals surface area contributed by atoms with Crippen LogP contribution in [-0.4, -0.2) is 19.5 Å². The standard InChI is InChI=1S/C18H10F6N4/c19-17(20,21)11-1-2-13-10(5-11)6-14(27-13)12-3-4-25-7-15(12)28-8-16(26-9-28)18(22,23)24/h1-9,27H. The van der Waals surface area contributed by atoms with Crippen LogP contribution in [0.3, 0.4) is 0 Å². The summed E-state index contributed by atoms with van der Waals surface area (Å²) >= 11 is 0. The predicted molar refractivity (Wildman–Crippen MR) is 88.7 cm³/mol. The highest BCUT2D eigenvalue weighted by Crippen LogP contribution is 2.34. The molecule has 0 bridgehead atoms. The van der Waals surface area contributed by atoms with Crippen molar-refractivity contribution in [3.63, 3.8) is 0 Å². The van der Waals surface area contributed by atoms with Crippen molar-refractivity contribution in [2.24, 2.45) is 0 Å². The molecule has 1 aromatic carbocycles. The Balaban J connectivity index is 1.81. The minimum absolute atomic E-state index is 0.299. The first-order chi connectivity index (χ1) is 13.1. The average Bonchev–Trinajstić information content (AvgIpc) is 3.27. The smallest absolute Gasteiger partial charge is 0.354 e. The van der Waals surface area contributed by atoms with Gasteiger partial charge < -0.3 is 9.55 Å². The number of aromatic nitrogens is 4. The van der Waals surface area contributed by atoms with E-state index in [4.69, 9.17) is 0 Å². The molecule has 0 saturated heterocycles. The largest absolute Gasteiger partial charge is 0.434 e. The van der Waals surface area contributed by atoms with Crippen molar-refractivity contribution in [2.75, 3.05) is 0 Å². The molecule has 1 N–H and O–H groups in total. The first-order valence-corrected chi connectivity index (χ1v) is 7.89. The molecule has 4 aromatic rings. The summed E-state index contributed by atoms with van der Waals surface area (Å²) in [5.74, 6) is 0. The Morgan fingerprint density at radius 1 is 0.929 bits per heavy atom. The van der Waals surface area contributed by atoms with Gasteiger partial charge in [0.1, 0.15) is 0 Å². The van der Waals surface area contributed by atoms with Gasteiger partial charge in [0.25, 0.3) is 0 Å². The number of benzene rings is 1. The molecule has 0 unspecified atom stereocenters. The summed E-state index contributed by atoms with van der Waals surface area (Å²) in [6, 6.07) is 6.33. The quantitative estimate of drug-likeness (QED) is 0.458. The highest BCUT2D eigenvalue weighted by molar-refractivity contribution is 5.88. The van der Waals surface area contributed by atoms with E-state index in [-0.39, 0.29) is 0 Å². The van der Waals surface area contributed by atoms with Crippen molar-refractivity contribution in [1.29, 1.82) is 0 Å². The minimum atomic E-state index is -4.59. The van der Waals surface area contributed by atoms with Gasteiger partial charge in [0, 0.05) is 34.6 Å². The molecular formula is C18H10F6N4. The van der Waals surface area contributed by atoms with Crippen LogP contribution in [0.5, 0.6) is 0 Å². The van der Waals surface area contributed by atoms with Crippen molar-refractivity contribution in [1.82, 2.24) is 19.5 Å². The molecular weight excluding hydrogens is 386 g/mol. The Kier molecular flexibility index (Phi) is 3.95. The summed E-state index contributed by atoms with van der Waals surface area (Å²) < 4.78 is 78.4. The Morgan fingerprint density at radius 3 is 2.39 bits per heavy atom. The zero-order chi connectivity index (χ0) is 20.1. The van der Waals surface area contributed by atoms with Crippen LogP contribution in [0.4, 0.5) is 26.3 Å². The number of alkyl halides is 6. The first-order valence-electron chi connectivity index (χ1n) is 7.89. The summed E-state index contributed by atoms with van der Waals surface area (Å²) in [7, 11) is 0. The number of nitrogens with one attached hydrogen (secondary N) is 1. The lowest BCUT2D eigenvalue weighted by Gasteiger charge is -2.08. The topological polar surface area (TPSA) is 46.5 Å². The van der Waals surface area contributed by atoms with Crippen LogP contribution in [-0.2, 0) is 12.4 Å². The van der Waals surface area contributed by atoms with Gasteiger partial charge >= 0.3 is 12.4 Å². The predicted octanol–water partition coefficient (Wildman–Crippen LogP) is 5.45. The number of hydrogen-bond donors (Lipinski definition) is 1. The highest BCUT2D eigenvalue weighted by Gasteiger charge is 2.34. The van der Waals surface area contributed by atoms with Crippen molar-refractivity contribution in [3.05, 3.63) is 66.5 Å². The SMILES string of the molecule is FC(F)(F)c1ccc2[nH]c(-c3ccncc3-n3cnc(C(F)(F)F)c3)cc2c1. The molecule has 0 aliphatic rings. The summed E-state index contributed by atoms with van der Waals surface area (Å²) in [6.45, 7) is 0. The van der Waals surface area contributed by atoms with Gasteiger partial charge in [0.2, 0.25) is 0 Å². The molecule has 0 amide bonds. The van der Waals surface area contributed by atoms with E-state index in [0.29, 0.717) is 27.8 Å². The molecule has 3 aromatic heterocycles. The van der Waals surface area contributed by atoms with E-state index in [2.05, 4.69) is 15.0 Å². The number of imidazole rings is 1. The molecule has 0 saturated carbocycles.